The summed E-state index contributed by atoms with van der Waals surface area (Å²) in [6.45, 7) is -0.0301. The van der Waals surface area contributed by atoms with E-state index in [2.05, 4.69) is 3.26 Å². The number of carbonyl (C=O) groups is 4. The molecule has 0 fully saturated rings. The van der Waals surface area contributed by atoms with E-state index < -0.39 is 59.5 Å². The van der Waals surface area contributed by atoms with Crippen LogP contribution < -0.4 is 15.1 Å². The van der Waals surface area contributed by atoms with Crippen LogP contribution in [0.15, 0.2) is 0 Å². The summed E-state index contributed by atoms with van der Waals surface area (Å²) >= 11 is -5.48. The van der Waals surface area contributed by atoms with Crippen LogP contribution >= 0.6 is 0 Å². The summed E-state index contributed by atoms with van der Waals surface area (Å²) in [6.07, 6.45) is 0. The third-order valence-electron chi connectivity index (χ3n) is 2.90. The van der Waals surface area contributed by atoms with Crippen molar-refractivity contribution < 1.29 is 39.6 Å². The van der Waals surface area contributed by atoms with Crippen molar-refractivity contribution in [1.29, 1.82) is 0 Å². The van der Waals surface area contributed by atoms with E-state index >= 15 is 0 Å². The van der Waals surface area contributed by atoms with Gasteiger partial charge >= 0.3 is 121 Å². The molecule has 130 valence electrons. The molecule has 12 heteroatoms. The number of nitrogens with two attached hydrogens (primary N) is 1. The standard InChI is InChI=1S/C2H7N2.4C2H3O2.Bi.H3N/c3-1-2-4;4*1-2(3)4;;/h3H,1-2,4H2;4*1H2,(H,3,4);;1H3/q-1;;;;;+1;. The molecule has 0 radical (unpaired) electrons. The fourth-order valence-corrected chi connectivity index (χ4v) is 20.7. The molecule has 0 heterocycles. The molecule has 0 saturated carbocycles. The van der Waals surface area contributed by atoms with E-state index in [4.69, 9.17) is 26.2 Å². The molecular weight excluding hydrogens is 499 g/mol. The molecular formula is C10H22BiN3O8. The number of carboxylic acids is 4. The second kappa shape index (κ2) is 8.93. The predicted molar refractivity (Wildman–Crippen MR) is 77.6 cm³/mol. The first-order valence-electron chi connectivity index (χ1n) is 5.88. The molecule has 11 nitrogen and oxygen atoms in total. The predicted octanol–water partition coefficient (Wildman–Crippen LogP) is -1.07. The van der Waals surface area contributed by atoms with Crippen LogP contribution in [0.25, 0.3) is 0 Å². The fraction of sp³-hybridized carbons (Fsp3) is 0.600. The summed E-state index contributed by atoms with van der Waals surface area (Å²) in [5, 5.41) is 36.2. The molecule has 0 atom stereocenters. The normalized spacial score (nSPS) is 12.5. The molecule has 0 unspecified atom stereocenters. The summed E-state index contributed by atoms with van der Waals surface area (Å²) in [6, 6.07) is 0. The molecule has 0 rings (SSSR count). The van der Waals surface area contributed by atoms with Gasteiger partial charge in [0, 0.05) is 0 Å². The zero-order valence-corrected chi connectivity index (χ0v) is 15.4. The molecule has 0 aromatic heterocycles. The molecule has 0 aliphatic heterocycles. The van der Waals surface area contributed by atoms with E-state index in [9.17, 15) is 19.2 Å². The molecule has 0 aliphatic rings. The second-order valence-electron chi connectivity index (χ2n) is 4.88. The van der Waals surface area contributed by atoms with Crippen LogP contribution in [0.3, 0.4) is 0 Å². The Morgan fingerprint density at radius 2 is 1.05 bits per heavy atom. The molecule has 0 bridgehead atoms. The number of aliphatic carboxylic acids is 4. The molecule has 0 aliphatic carbocycles. The van der Waals surface area contributed by atoms with Crippen molar-refractivity contribution in [2.45, 2.75) is 16.5 Å². The Morgan fingerprint density at radius 1 is 0.773 bits per heavy atom. The van der Waals surface area contributed by atoms with Gasteiger partial charge in [0.1, 0.15) is 0 Å². The van der Waals surface area contributed by atoms with Gasteiger partial charge in [0.2, 0.25) is 0 Å². The van der Waals surface area contributed by atoms with Crippen LogP contribution in [0.4, 0.5) is 0 Å². The number of rotatable bonds is 11. The van der Waals surface area contributed by atoms with E-state index in [-0.39, 0.29) is 19.2 Å². The van der Waals surface area contributed by atoms with Gasteiger partial charge < -0.3 is 6.15 Å². The molecule has 10 N–H and O–H groups in total. The van der Waals surface area contributed by atoms with E-state index in [1.54, 1.807) is 0 Å². The van der Waals surface area contributed by atoms with Gasteiger partial charge in [-0.1, -0.05) is 0 Å². The van der Waals surface area contributed by atoms with Crippen LogP contribution in [0.2, 0.25) is 16.5 Å². The summed E-state index contributed by atoms with van der Waals surface area (Å²) in [5.74, 6) is -5.68. The third-order valence-corrected chi connectivity index (χ3v) is 24.3. The quantitative estimate of drug-likeness (QED) is 0.162. The third kappa shape index (κ3) is 7.07. The Hall–Kier alpha value is -1.36. The molecule has 0 aromatic rings. The van der Waals surface area contributed by atoms with Crippen molar-refractivity contribution in [2.75, 3.05) is 13.1 Å². The van der Waals surface area contributed by atoms with Crippen molar-refractivity contribution in [3.63, 3.8) is 0 Å². The first-order valence-corrected chi connectivity index (χ1v) is 17.4. The van der Waals surface area contributed by atoms with Gasteiger partial charge in [-0.15, -0.1) is 0 Å². The fourth-order valence-electron chi connectivity index (χ4n) is 2.36. The van der Waals surface area contributed by atoms with Crippen molar-refractivity contribution in [3.8, 4) is 0 Å². The second-order valence-corrected chi connectivity index (χ2v) is 26.4. The Labute approximate surface area is 127 Å². The van der Waals surface area contributed by atoms with E-state index in [0.717, 1.165) is 0 Å². The summed E-state index contributed by atoms with van der Waals surface area (Å²) in [4.78, 5) is 44.5. The Bertz CT molecular complexity index is 380. The summed E-state index contributed by atoms with van der Waals surface area (Å²) < 4.78 is -0.382. The van der Waals surface area contributed by atoms with Crippen LogP contribution in [0.1, 0.15) is 0 Å². The van der Waals surface area contributed by atoms with Gasteiger partial charge in [0.25, 0.3) is 0 Å². The minimum absolute atomic E-state index is 0. The molecule has 0 saturated heterocycles. The SMILES string of the molecule is N.NCC[NH][Bi]([CH2]C(=O)O)([CH2]C(=O)O)([CH2]C(=O)O)[CH2]C(=O)O. The van der Waals surface area contributed by atoms with Crippen LogP contribution in [0.5, 0.6) is 0 Å². The van der Waals surface area contributed by atoms with Gasteiger partial charge in [-0.2, -0.15) is 0 Å². The van der Waals surface area contributed by atoms with Crippen molar-refractivity contribution in [1.82, 2.24) is 9.41 Å². The minimum atomic E-state index is -5.48. The van der Waals surface area contributed by atoms with Gasteiger partial charge in [0.05, 0.1) is 0 Å². The van der Waals surface area contributed by atoms with Gasteiger partial charge in [-0.25, -0.2) is 0 Å². The first kappa shape index (κ1) is 22.9. The number of carboxylic acid groups (broad SMARTS) is 4. The van der Waals surface area contributed by atoms with Crippen molar-refractivity contribution in [3.05, 3.63) is 0 Å². The van der Waals surface area contributed by atoms with Gasteiger partial charge in [-0.3, -0.25) is 0 Å². The number of nitrogens with one attached hydrogen (secondary N) is 1. The van der Waals surface area contributed by atoms with E-state index in [1.807, 2.05) is 0 Å². The topological polar surface area (TPSA) is 222 Å². The van der Waals surface area contributed by atoms with E-state index in [1.165, 1.54) is 0 Å². The van der Waals surface area contributed by atoms with Crippen molar-refractivity contribution in [2.24, 2.45) is 5.73 Å². The van der Waals surface area contributed by atoms with Gasteiger partial charge in [-0.05, 0) is 0 Å². The Kier molecular flexibility index (Phi) is 9.31. The van der Waals surface area contributed by atoms with Crippen LogP contribution in [0, 0.1) is 0 Å². The monoisotopic (exact) mass is 521 g/mol. The van der Waals surface area contributed by atoms with Crippen LogP contribution in [-0.4, -0.2) is 76.5 Å². The zero-order valence-electron chi connectivity index (χ0n) is 11.9. The van der Waals surface area contributed by atoms with Crippen LogP contribution in [-0.2, 0) is 19.2 Å². The Balaban J connectivity index is 0. The number of hydrogen-bond acceptors (Lipinski definition) is 7. The zero-order chi connectivity index (χ0) is 16.7. The summed E-state index contributed by atoms with van der Waals surface area (Å²) in [7, 11) is 0. The molecule has 0 aromatic carbocycles. The van der Waals surface area contributed by atoms with E-state index in [0.29, 0.717) is 0 Å². The van der Waals surface area contributed by atoms with Crippen molar-refractivity contribution >= 4 is 42.9 Å². The summed E-state index contributed by atoms with van der Waals surface area (Å²) in [5.41, 5.74) is 5.30. The number of hydrogen-bond donors (Lipinski definition) is 7. The van der Waals surface area contributed by atoms with Gasteiger partial charge in [0.15, 0.2) is 0 Å². The molecule has 0 amide bonds. The average Bonchev–Trinajstić information content (AvgIpc) is 2.21. The first-order chi connectivity index (χ1) is 9.54. The Morgan fingerprint density at radius 3 is 1.23 bits per heavy atom. The molecule has 22 heavy (non-hydrogen) atoms. The maximum atomic E-state index is 11.1. The molecule has 0 spiro atoms. The average molecular weight is 521 g/mol. The maximum absolute atomic E-state index is 11.1.